The molecule has 1 aliphatic carbocycles. The zero-order chi connectivity index (χ0) is 24.5. The van der Waals surface area contributed by atoms with Gasteiger partial charge in [-0.3, -0.25) is 4.79 Å². The van der Waals surface area contributed by atoms with Crippen LogP contribution >= 0.6 is 11.3 Å². The van der Waals surface area contributed by atoms with Crippen LogP contribution in [0.1, 0.15) is 38.5 Å². The molecule has 1 amide bonds. The van der Waals surface area contributed by atoms with E-state index in [9.17, 15) is 9.59 Å². The Morgan fingerprint density at radius 1 is 1.06 bits per heavy atom. The van der Waals surface area contributed by atoms with E-state index in [0.29, 0.717) is 23.5 Å². The number of thiophene rings is 1. The molecule has 2 aromatic carbocycles. The Labute approximate surface area is 211 Å². The summed E-state index contributed by atoms with van der Waals surface area (Å²) >= 11 is 1.67. The van der Waals surface area contributed by atoms with Crippen molar-refractivity contribution >= 4 is 45.8 Å². The summed E-state index contributed by atoms with van der Waals surface area (Å²) in [6, 6.07) is 17.1. The van der Waals surface area contributed by atoms with Crippen molar-refractivity contribution < 1.29 is 23.8 Å². The third kappa shape index (κ3) is 4.31. The summed E-state index contributed by atoms with van der Waals surface area (Å²) < 4.78 is 16.2. The zero-order valence-corrected chi connectivity index (χ0v) is 20.1. The highest BCUT2D eigenvalue weighted by Gasteiger charge is 2.28. The molecule has 2 aliphatic rings. The lowest BCUT2D eigenvalue weighted by molar-refractivity contribution is -0.124. The van der Waals surface area contributed by atoms with Crippen molar-refractivity contribution in [1.82, 2.24) is 10.3 Å². The summed E-state index contributed by atoms with van der Waals surface area (Å²) in [5, 5.41) is 5.56. The van der Waals surface area contributed by atoms with Crippen LogP contribution in [0, 0.1) is 0 Å². The second-order valence-electron chi connectivity index (χ2n) is 8.56. The van der Waals surface area contributed by atoms with Gasteiger partial charge in [0.15, 0.2) is 18.1 Å². The van der Waals surface area contributed by atoms with E-state index in [2.05, 4.69) is 17.5 Å². The molecule has 0 saturated heterocycles. The monoisotopic (exact) mass is 498 g/mol. The Bertz CT molecular complexity index is 1510. The molecule has 0 saturated carbocycles. The van der Waals surface area contributed by atoms with Crippen LogP contribution in [0.15, 0.2) is 60.0 Å². The molecule has 0 bridgehead atoms. The highest BCUT2D eigenvalue weighted by molar-refractivity contribution is 7.10. The van der Waals surface area contributed by atoms with Crippen LogP contribution in [-0.4, -0.2) is 30.3 Å². The standard InChI is InChI=1S/C28H22N2O5S/c31-25(29-14-17-7-10-23-24(12-17)35-16-34-23)15-33-28(32)26-20-5-1-2-6-22(20)30-27-18(8-9-21(26)27)13-19-4-3-11-36-19/h1-7,10-13H,8-9,14-16H2,(H,29,31). The lowest BCUT2D eigenvalue weighted by Gasteiger charge is -2.12. The van der Waals surface area contributed by atoms with Crippen molar-refractivity contribution in [3.8, 4) is 11.5 Å². The predicted octanol–water partition coefficient (Wildman–Crippen LogP) is 4.99. The molecular weight excluding hydrogens is 476 g/mol. The normalized spacial score (nSPS) is 14.7. The molecule has 8 heteroatoms. The van der Waals surface area contributed by atoms with Crippen LogP contribution in [0.2, 0.25) is 0 Å². The fourth-order valence-corrected chi connectivity index (χ4v) is 5.24. The maximum absolute atomic E-state index is 13.3. The molecule has 180 valence electrons. The van der Waals surface area contributed by atoms with Crippen LogP contribution in [0.3, 0.4) is 0 Å². The third-order valence-corrected chi connectivity index (χ3v) is 7.09. The topological polar surface area (TPSA) is 86.8 Å². The van der Waals surface area contributed by atoms with Crippen molar-refractivity contribution in [2.75, 3.05) is 13.4 Å². The SMILES string of the molecule is O=C(COC(=O)c1c2c(nc3ccccc13)C(=Cc1cccs1)CC2)NCc1ccc2c(c1)OCO2. The van der Waals surface area contributed by atoms with Gasteiger partial charge >= 0.3 is 5.97 Å². The molecule has 0 unspecified atom stereocenters. The second kappa shape index (κ2) is 9.47. The van der Waals surface area contributed by atoms with E-state index in [1.165, 1.54) is 0 Å². The number of para-hydroxylation sites is 1. The Balaban J connectivity index is 1.19. The average Bonchev–Trinajstić information content (AvgIpc) is 3.66. The molecule has 0 radical (unpaired) electrons. The smallest absolute Gasteiger partial charge is 0.339 e. The fourth-order valence-electron chi connectivity index (χ4n) is 4.56. The van der Waals surface area contributed by atoms with E-state index >= 15 is 0 Å². The van der Waals surface area contributed by atoms with Crippen molar-refractivity contribution in [2.24, 2.45) is 0 Å². The Hall–Kier alpha value is -4.17. The van der Waals surface area contributed by atoms with Gasteiger partial charge in [-0.2, -0.15) is 0 Å². The van der Waals surface area contributed by atoms with Crippen LogP contribution in [0.5, 0.6) is 11.5 Å². The number of carbonyl (C=O) groups is 2. The number of aromatic nitrogens is 1. The average molecular weight is 499 g/mol. The second-order valence-corrected chi connectivity index (χ2v) is 9.54. The van der Waals surface area contributed by atoms with Gasteiger partial charge < -0.3 is 19.5 Å². The number of amides is 1. The summed E-state index contributed by atoms with van der Waals surface area (Å²) in [5.41, 5.74) is 4.91. The maximum atomic E-state index is 13.3. The van der Waals surface area contributed by atoms with Crippen LogP contribution in [-0.2, 0) is 22.5 Å². The van der Waals surface area contributed by atoms with Gasteiger partial charge in [0.05, 0.1) is 16.8 Å². The molecule has 6 rings (SSSR count). The highest BCUT2D eigenvalue weighted by Crippen LogP contribution is 2.38. The van der Waals surface area contributed by atoms with E-state index in [-0.39, 0.29) is 25.9 Å². The quantitative estimate of drug-likeness (QED) is 0.377. The molecule has 7 nitrogen and oxygen atoms in total. The molecule has 1 N–H and O–H groups in total. The Morgan fingerprint density at radius 3 is 2.83 bits per heavy atom. The van der Waals surface area contributed by atoms with Gasteiger partial charge in [-0.25, -0.2) is 9.78 Å². The van der Waals surface area contributed by atoms with E-state index in [1.54, 1.807) is 17.4 Å². The lowest BCUT2D eigenvalue weighted by atomic mass is 10.0. The summed E-state index contributed by atoms with van der Waals surface area (Å²) in [5.74, 6) is 0.443. The van der Waals surface area contributed by atoms with E-state index in [4.69, 9.17) is 19.2 Å². The summed E-state index contributed by atoms with van der Waals surface area (Å²) in [7, 11) is 0. The number of fused-ring (bicyclic) bond motifs is 3. The Kier molecular flexibility index (Phi) is 5.87. The van der Waals surface area contributed by atoms with Crippen LogP contribution in [0.4, 0.5) is 0 Å². The molecule has 4 aromatic rings. The number of pyridine rings is 1. The minimum absolute atomic E-state index is 0.194. The van der Waals surface area contributed by atoms with Gasteiger partial charge in [-0.1, -0.05) is 30.3 Å². The molecule has 2 aromatic heterocycles. The molecule has 1 aliphatic heterocycles. The highest BCUT2D eigenvalue weighted by atomic mass is 32.1. The van der Waals surface area contributed by atoms with Gasteiger partial charge in [0.1, 0.15) is 0 Å². The summed E-state index contributed by atoms with van der Waals surface area (Å²) in [4.78, 5) is 31.7. The lowest BCUT2D eigenvalue weighted by Crippen LogP contribution is -2.28. The first-order valence-corrected chi connectivity index (χ1v) is 12.5. The number of nitrogens with zero attached hydrogens (tertiary/aromatic N) is 1. The number of benzene rings is 2. The van der Waals surface area contributed by atoms with E-state index in [0.717, 1.165) is 44.6 Å². The summed E-state index contributed by atoms with van der Waals surface area (Å²) in [6.45, 7) is 0.115. The van der Waals surface area contributed by atoms with Crippen molar-refractivity contribution in [1.29, 1.82) is 0 Å². The van der Waals surface area contributed by atoms with Gasteiger partial charge in [-0.05, 0) is 65.3 Å². The third-order valence-electron chi connectivity index (χ3n) is 6.27. The minimum atomic E-state index is -0.513. The van der Waals surface area contributed by atoms with Gasteiger partial charge in [0, 0.05) is 16.8 Å². The number of hydrogen-bond donors (Lipinski definition) is 1. The molecular formula is C28H22N2O5S. The molecule has 0 spiro atoms. The maximum Gasteiger partial charge on any atom is 0.339 e. The number of nitrogens with one attached hydrogen (secondary N) is 1. The fraction of sp³-hybridized carbons (Fsp3) is 0.179. The number of allylic oxidation sites excluding steroid dienone is 1. The number of hydrogen-bond acceptors (Lipinski definition) is 7. The number of esters is 1. The van der Waals surface area contributed by atoms with Crippen molar-refractivity contribution in [2.45, 2.75) is 19.4 Å². The van der Waals surface area contributed by atoms with Crippen LogP contribution < -0.4 is 14.8 Å². The van der Waals surface area contributed by atoms with Gasteiger partial charge in [0.25, 0.3) is 5.91 Å². The zero-order valence-electron chi connectivity index (χ0n) is 19.3. The Morgan fingerprint density at radius 2 is 1.94 bits per heavy atom. The molecule has 36 heavy (non-hydrogen) atoms. The van der Waals surface area contributed by atoms with Gasteiger partial charge in [-0.15, -0.1) is 11.3 Å². The van der Waals surface area contributed by atoms with E-state index < -0.39 is 5.97 Å². The number of carbonyl (C=O) groups excluding carboxylic acids is 2. The van der Waals surface area contributed by atoms with E-state index in [1.807, 2.05) is 47.8 Å². The predicted molar refractivity (Wildman–Crippen MR) is 137 cm³/mol. The first-order valence-electron chi connectivity index (χ1n) is 11.6. The number of ether oxygens (including phenoxy) is 3. The van der Waals surface area contributed by atoms with Gasteiger partial charge in [0.2, 0.25) is 6.79 Å². The molecule has 0 fully saturated rings. The summed E-state index contributed by atoms with van der Waals surface area (Å²) in [6.07, 6.45) is 3.63. The van der Waals surface area contributed by atoms with Crippen molar-refractivity contribution in [3.05, 3.63) is 87.2 Å². The van der Waals surface area contributed by atoms with Crippen molar-refractivity contribution in [3.63, 3.8) is 0 Å². The molecule has 3 heterocycles. The van der Waals surface area contributed by atoms with Crippen LogP contribution in [0.25, 0.3) is 22.6 Å². The number of rotatable bonds is 6. The minimum Gasteiger partial charge on any atom is -0.454 e. The first kappa shape index (κ1) is 22.3. The molecule has 0 atom stereocenters. The first-order chi connectivity index (χ1) is 17.7. The largest absolute Gasteiger partial charge is 0.454 e.